The van der Waals surface area contributed by atoms with Crippen LogP contribution in [0.25, 0.3) is 0 Å². The van der Waals surface area contributed by atoms with Crippen molar-refractivity contribution in [2.45, 2.75) is 25.7 Å². The van der Waals surface area contributed by atoms with E-state index in [-0.39, 0.29) is 0 Å². The molecule has 0 spiro atoms. The highest BCUT2D eigenvalue weighted by Crippen LogP contribution is 2.08. The predicted molar refractivity (Wildman–Crippen MR) is 56.0 cm³/mol. The maximum atomic E-state index is 4.21. The molecular weight excluding hydrogens is 174 g/mol. The van der Waals surface area contributed by atoms with E-state index in [2.05, 4.69) is 14.9 Å². The average Bonchev–Trinajstić information content (AvgIpc) is 2.72. The second-order valence-electron chi connectivity index (χ2n) is 3.85. The number of aryl methyl sites for hydroxylation is 1. The molecule has 0 aromatic carbocycles. The van der Waals surface area contributed by atoms with Crippen LogP contribution in [0.2, 0.25) is 0 Å². The van der Waals surface area contributed by atoms with Gasteiger partial charge in [0.2, 0.25) is 0 Å². The van der Waals surface area contributed by atoms with Gasteiger partial charge in [0.15, 0.2) is 0 Å². The molecule has 1 aliphatic heterocycles. The summed E-state index contributed by atoms with van der Waals surface area (Å²) < 4.78 is 0. The van der Waals surface area contributed by atoms with Crippen molar-refractivity contribution in [2.75, 3.05) is 19.6 Å². The maximum Gasteiger partial charge on any atom is 0.115 e. The summed E-state index contributed by atoms with van der Waals surface area (Å²) in [6.07, 6.45) is 8.51. The monoisotopic (exact) mass is 191 g/mol. The fourth-order valence-electron chi connectivity index (χ4n) is 1.96. The first kappa shape index (κ1) is 9.59. The van der Waals surface area contributed by atoms with Gasteiger partial charge in [-0.15, -0.1) is 0 Å². The maximum absolute atomic E-state index is 4.21. The second kappa shape index (κ2) is 5.05. The first-order valence-corrected chi connectivity index (χ1v) is 5.42. The van der Waals surface area contributed by atoms with Gasteiger partial charge in [0.1, 0.15) is 6.33 Å². The quantitative estimate of drug-likeness (QED) is 0.722. The zero-order chi connectivity index (χ0) is 9.64. The van der Waals surface area contributed by atoms with Crippen LogP contribution in [0.15, 0.2) is 18.6 Å². The molecular formula is C11H17N3. The van der Waals surface area contributed by atoms with E-state index in [9.17, 15) is 0 Å². The third-order valence-corrected chi connectivity index (χ3v) is 2.75. The molecule has 0 aliphatic carbocycles. The average molecular weight is 191 g/mol. The standard InChI is InChI=1S/C11H17N3/c1-2-8-14(7-1)9-3-4-11-5-6-12-10-13-11/h5-6,10H,1-4,7-9H2. The van der Waals surface area contributed by atoms with Crippen molar-refractivity contribution >= 4 is 0 Å². The molecule has 0 atom stereocenters. The number of likely N-dealkylation sites (tertiary alicyclic amines) is 1. The van der Waals surface area contributed by atoms with Crippen LogP contribution in [-0.2, 0) is 6.42 Å². The van der Waals surface area contributed by atoms with Crippen LogP contribution in [-0.4, -0.2) is 34.5 Å². The molecule has 0 amide bonds. The Bertz CT molecular complexity index is 254. The minimum absolute atomic E-state index is 1.08. The summed E-state index contributed by atoms with van der Waals surface area (Å²) in [4.78, 5) is 10.7. The first-order valence-electron chi connectivity index (χ1n) is 5.42. The summed E-state index contributed by atoms with van der Waals surface area (Å²) in [6, 6.07) is 2.00. The predicted octanol–water partition coefficient (Wildman–Crippen LogP) is 1.50. The van der Waals surface area contributed by atoms with Crippen molar-refractivity contribution in [3.63, 3.8) is 0 Å². The highest BCUT2D eigenvalue weighted by molar-refractivity contribution is 4.97. The van der Waals surface area contributed by atoms with Gasteiger partial charge in [0, 0.05) is 11.9 Å². The number of hydrogen-bond donors (Lipinski definition) is 0. The van der Waals surface area contributed by atoms with Gasteiger partial charge in [-0.2, -0.15) is 0 Å². The Morgan fingerprint density at radius 1 is 1.29 bits per heavy atom. The molecule has 2 heterocycles. The topological polar surface area (TPSA) is 29.0 Å². The second-order valence-corrected chi connectivity index (χ2v) is 3.85. The summed E-state index contributed by atoms with van der Waals surface area (Å²) in [6.45, 7) is 3.82. The van der Waals surface area contributed by atoms with Gasteiger partial charge in [-0.3, -0.25) is 0 Å². The minimum Gasteiger partial charge on any atom is -0.303 e. The van der Waals surface area contributed by atoms with Crippen molar-refractivity contribution in [3.8, 4) is 0 Å². The van der Waals surface area contributed by atoms with Gasteiger partial charge in [-0.1, -0.05) is 0 Å². The normalized spacial score (nSPS) is 17.4. The Morgan fingerprint density at radius 3 is 2.86 bits per heavy atom. The van der Waals surface area contributed by atoms with Gasteiger partial charge < -0.3 is 4.90 Å². The third kappa shape index (κ3) is 2.77. The number of rotatable bonds is 4. The summed E-state index contributed by atoms with van der Waals surface area (Å²) in [5, 5.41) is 0. The van der Waals surface area contributed by atoms with Crippen LogP contribution < -0.4 is 0 Å². The van der Waals surface area contributed by atoms with Crippen molar-refractivity contribution < 1.29 is 0 Å². The van der Waals surface area contributed by atoms with Crippen molar-refractivity contribution in [3.05, 3.63) is 24.3 Å². The Balaban J connectivity index is 1.67. The molecule has 1 aliphatic rings. The molecule has 3 nitrogen and oxygen atoms in total. The lowest BCUT2D eigenvalue weighted by Gasteiger charge is -2.13. The van der Waals surface area contributed by atoms with Crippen LogP contribution in [0.5, 0.6) is 0 Å². The highest BCUT2D eigenvalue weighted by atomic mass is 15.1. The Hall–Kier alpha value is -0.960. The highest BCUT2D eigenvalue weighted by Gasteiger charge is 2.10. The van der Waals surface area contributed by atoms with E-state index >= 15 is 0 Å². The summed E-state index contributed by atoms with van der Waals surface area (Å²) >= 11 is 0. The van der Waals surface area contributed by atoms with Gasteiger partial charge in [0.05, 0.1) is 0 Å². The van der Waals surface area contributed by atoms with Crippen LogP contribution in [0.3, 0.4) is 0 Å². The summed E-state index contributed by atoms with van der Waals surface area (Å²) in [7, 11) is 0. The van der Waals surface area contributed by atoms with Gasteiger partial charge in [-0.05, 0) is 51.4 Å². The molecule has 0 radical (unpaired) electrons. The van der Waals surface area contributed by atoms with Crippen LogP contribution >= 0.6 is 0 Å². The van der Waals surface area contributed by atoms with Crippen molar-refractivity contribution in [1.29, 1.82) is 0 Å². The molecule has 0 unspecified atom stereocenters. The Kier molecular flexibility index (Phi) is 3.46. The number of aromatic nitrogens is 2. The van der Waals surface area contributed by atoms with E-state index in [1.54, 1.807) is 6.33 Å². The number of nitrogens with zero attached hydrogens (tertiary/aromatic N) is 3. The molecule has 0 saturated carbocycles. The zero-order valence-corrected chi connectivity index (χ0v) is 8.52. The van der Waals surface area contributed by atoms with Gasteiger partial charge in [-0.25, -0.2) is 9.97 Å². The third-order valence-electron chi connectivity index (χ3n) is 2.75. The van der Waals surface area contributed by atoms with Gasteiger partial charge in [0.25, 0.3) is 0 Å². The fraction of sp³-hybridized carbons (Fsp3) is 0.636. The smallest absolute Gasteiger partial charge is 0.115 e. The molecule has 3 heteroatoms. The SMILES string of the molecule is c1cc(CCCN2CCCC2)ncn1. The van der Waals surface area contributed by atoms with E-state index < -0.39 is 0 Å². The lowest BCUT2D eigenvalue weighted by atomic mass is 10.2. The van der Waals surface area contributed by atoms with Crippen LogP contribution in [0.1, 0.15) is 25.0 Å². The lowest BCUT2D eigenvalue weighted by molar-refractivity contribution is 0.333. The van der Waals surface area contributed by atoms with Crippen molar-refractivity contribution in [1.82, 2.24) is 14.9 Å². The summed E-state index contributed by atoms with van der Waals surface area (Å²) in [5.41, 5.74) is 1.17. The lowest BCUT2D eigenvalue weighted by Crippen LogP contribution is -2.20. The number of hydrogen-bond acceptors (Lipinski definition) is 3. The first-order chi connectivity index (χ1) is 6.95. The van der Waals surface area contributed by atoms with Crippen molar-refractivity contribution in [2.24, 2.45) is 0 Å². The molecule has 1 saturated heterocycles. The largest absolute Gasteiger partial charge is 0.303 e. The van der Waals surface area contributed by atoms with E-state index in [0.717, 1.165) is 6.42 Å². The van der Waals surface area contributed by atoms with Crippen LogP contribution in [0.4, 0.5) is 0 Å². The van der Waals surface area contributed by atoms with Gasteiger partial charge >= 0.3 is 0 Å². The van der Waals surface area contributed by atoms with E-state index in [0.29, 0.717) is 0 Å². The molecule has 1 aromatic heterocycles. The Morgan fingerprint density at radius 2 is 2.14 bits per heavy atom. The molecule has 1 aromatic rings. The van der Waals surface area contributed by atoms with E-state index in [1.807, 2.05) is 12.3 Å². The molecule has 76 valence electrons. The molecule has 1 fully saturated rings. The summed E-state index contributed by atoms with van der Waals surface area (Å²) in [5.74, 6) is 0. The van der Waals surface area contributed by atoms with E-state index in [4.69, 9.17) is 0 Å². The zero-order valence-electron chi connectivity index (χ0n) is 8.52. The molecule has 0 bridgehead atoms. The molecule has 0 N–H and O–H groups in total. The Labute approximate surface area is 85.2 Å². The molecule has 2 rings (SSSR count). The molecule has 14 heavy (non-hydrogen) atoms. The minimum atomic E-state index is 1.08. The van der Waals surface area contributed by atoms with E-state index in [1.165, 1.54) is 44.6 Å². The fourth-order valence-corrected chi connectivity index (χ4v) is 1.96. The van der Waals surface area contributed by atoms with Crippen LogP contribution in [0, 0.1) is 0 Å².